The third kappa shape index (κ3) is 4.36. The molecular weight excluding hydrogens is 308 g/mol. The summed E-state index contributed by atoms with van der Waals surface area (Å²) in [6.45, 7) is 3.58. The first-order valence-electron chi connectivity index (χ1n) is 7.28. The fourth-order valence-corrected chi connectivity index (χ4v) is 1.98. The molecule has 124 valence electrons. The average Bonchev–Trinajstić information content (AvgIpc) is 3.00. The van der Waals surface area contributed by atoms with Crippen LogP contribution in [-0.2, 0) is 4.79 Å². The van der Waals surface area contributed by atoms with Crippen LogP contribution in [0.15, 0.2) is 46.6 Å². The smallest absolute Gasteiger partial charge is 0.263 e. The summed E-state index contributed by atoms with van der Waals surface area (Å²) >= 11 is 0. The van der Waals surface area contributed by atoms with Crippen LogP contribution in [0.25, 0.3) is 0 Å². The molecule has 0 saturated heterocycles. The minimum absolute atomic E-state index is 0.0592. The van der Waals surface area contributed by atoms with E-state index in [0.717, 1.165) is 11.3 Å². The van der Waals surface area contributed by atoms with Crippen molar-refractivity contribution < 1.29 is 14.1 Å². The normalized spacial score (nSPS) is 12.2. The number of nitrogens with zero attached hydrogens (tertiary/aromatic N) is 2. The number of amides is 1. The van der Waals surface area contributed by atoms with E-state index < -0.39 is 5.91 Å². The Balaban J connectivity index is 2.01. The maximum atomic E-state index is 12.2. The van der Waals surface area contributed by atoms with Gasteiger partial charge in [-0.2, -0.15) is 5.26 Å². The topological polar surface area (TPSA) is 100 Å². The number of methoxy groups -OCH3 is 1. The molecule has 1 aromatic heterocycles. The highest BCUT2D eigenvalue weighted by molar-refractivity contribution is 5.97. The molecule has 0 aliphatic heterocycles. The third-order valence-corrected chi connectivity index (χ3v) is 3.32. The largest absolute Gasteiger partial charge is 0.497 e. The number of aromatic nitrogens is 1. The van der Waals surface area contributed by atoms with Gasteiger partial charge in [0.1, 0.15) is 23.2 Å². The van der Waals surface area contributed by atoms with Crippen molar-refractivity contribution in [2.24, 2.45) is 0 Å². The highest BCUT2D eigenvalue weighted by Gasteiger charge is 2.14. The summed E-state index contributed by atoms with van der Waals surface area (Å²) < 4.78 is 10.00. The first-order valence-corrected chi connectivity index (χ1v) is 7.28. The van der Waals surface area contributed by atoms with Gasteiger partial charge in [0.05, 0.1) is 13.2 Å². The Kier molecular flexibility index (Phi) is 5.58. The molecule has 0 saturated carbocycles. The molecule has 2 N–H and O–H groups in total. The zero-order valence-corrected chi connectivity index (χ0v) is 13.7. The molecule has 0 spiro atoms. The van der Waals surface area contributed by atoms with Gasteiger partial charge >= 0.3 is 0 Å². The van der Waals surface area contributed by atoms with Crippen molar-refractivity contribution in [1.29, 1.82) is 5.26 Å². The number of ether oxygens (including phenoxy) is 1. The lowest BCUT2D eigenvalue weighted by atomic mass is 10.1. The van der Waals surface area contributed by atoms with Crippen LogP contribution >= 0.6 is 0 Å². The van der Waals surface area contributed by atoms with Gasteiger partial charge in [0, 0.05) is 12.3 Å². The van der Waals surface area contributed by atoms with Crippen LogP contribution in [0.4, 0.5) is 5.82 Å². The molecule has 1 aromatic carbocycles. The Morgan fingerprint density at radius 1 is 1.42 bits per heavy atom. The molecule has 1 amide bonds. The van der Waals surface area contributed by atoms with Crippen molar-refractivity contribution in [2.45, 2.75) is 19.9 Å². The number of nitrogens with one attached hydrogen (secondary N) is 2. The molecule has 24 heavy (non-hydrogen) atoms. The standard InChI is InChI=1S/C17H18N4O3/c1-11-8-16(21-24-11)19-10-14(9-18)17(22)20-12(2)13-4-6-15(23-3)7-5-13/h4-8,10,12H,1-3H3,(H,19,21)(H,20,22)/b14-10-. The highest BCUT2D eigenvalue weighted by atomic mass is 16.5. The lowest BCUT2D eigenvalue weighted by Gasteiger charge is -2.14. The minimum atomic E-state index is -0.478. The lowest BCUT2D eigenvalue weighted by Crippen LogP contribution is -2.28. The second kappa shape index (κ2) is 7.83. The predicted molar refractivity (Wildman–Crippen MR) is 88.1 cm³/mol. The molecule has 0 fully saturated rings. The monoisotopic (exact) mass is 326 g/mol. The Labute approximate surface area is 139 Å². The number of rotatable bonds is 6. The zero-order valence-electron chi connectivity index (χ0n) is 13.7. The maximum absolute atomic E-state index is 12.2. The quantitative estimate of drug-likeness (QED) is 0.625. The minimum Gasteiger partial charge on any atom is -0.497 e. The number of benzene rings is 1. The number of nitriles is 1. The lowest BCUT2D eigenvalue weighted by molar-refractivity contribution is -0.117. The number of carbonyl (C=O) groups is 1. The van der Waals surface area contributed by atoms with E-state index in [0.29, 0.717) is 11.6 Å². The molecule has 0 radical (unpaired) electrons. The third-order valence-electron chi connectivity index (χ3n) is 3.32. The second-order valence-electron chi connectivity index (χ2n) is 5.11. The van der Waals surface area contributed by atoms with E-state index in [-0.39, 0.29) is 11.6 Å². The number of anilines is 1. The summed E-state index contributed by atoms with van der Waals surface area (Å²) in [5, 5.41) is 18.4. The van der Waals surface area contributed by atoms with Crippen LogP contribution in [0, 0.1) is 18.3 Å². The molecule has 2 rings (SSSR count). The highest BCUT2D eigenvalue weighted by Crippen LogP contribution is 2.17. The molecule has 0 aliphatic carbocycles. The van der Waals surface area contributed by atoms with E-state index in [4.69, 9.17) is 14.5 Å². The van der Waals surface area contributed by atoms with Crippen molar-refractivity contribution in [1.82, 2.24) is 10.5 Å². The van der Waals surface area contributed by atoms with Crippen LogP contribution in [0.2, 0.25) is 0 Å². The number of aryl methyl sites for hydroxylation is 1. The number of hydrogen-bond donors (Lipinski definition) is 2. The fraction of sp³-hybridized carbons (Fsp3) is 0.235. The van der Waals surface area contributed by atoms with E-state index in [2.05, 4.69) is 15.8 Å². The molecule has 7 nitrogen and oxygen atoms in total. The van der Waals surface area contributed by atoms with Crippen LogP contribution in [0.3, 0.4) is 0 Å². The molecular formula is C17H18N4O3. The van der Waals surface area contributed by atoms with Gasteiger partial charge in [0.15, 0.2) is 5.82 Å². The van der Waals surface area contributed by atoms with E-state index in [9.17, 15) is 4.79 Å². The summed E-state index contributed by atoms with van der Waals surface area (Å²) in [6, 6.07) is 10.6. The van der Waals surface area contributed by atoms with E-state index in [1.54, 1.807) is 20.1 Å². The van der Waals surface area contributed by atoms with Gasteiger partial charge in [0.2, 0.25) is 0 Å². The van der Waals surface area contributed by atoms with Gasteiger partial charge in [-0.25, -0.2) is 0 Å². The summed E-state index contributed by atoms with van der Waals surface area (Å²) in [5.74, 6) is 1.31. The summed E-state index contributed by atoms with van der Waals surface area (Å²) in [7, 11) is 1.59. The SMILES string of the molecule is COc1ccc(C(C)NC(=O)/C(C#N)=C\Nc2cc(C)on2)cc1. The van der Waals surface area contributed by atoms with Crippen LogP contribution < -0.4 is 15.4 Å². The molecule has 1 atom stereocenters. The number of carbonyl (C=O) groups excluding carboxylic acids is 1. The average molecular weight is 326 g/mol. The van der Waals surface area contributed by atoms with Gasteiger partial charge in [-0.05, 0) is 31.5 Å². The van der Waals surface area contributed by atoms with E-state index >= 15 is 0 Å². The van der Waals surface area contributed by atoms with Crippen molar-refractivity contribution in [3.05, 3.63) is 53.4 Å². The van der Waals surface area contributed by atoms with Crippen LogP contribution in [0.5, 0.6) is 5.75 Å². The Hall–Kier alpha value is -3.27. The molecule has 0 aliphatic rings. The molecule has 7 heteroatoms. The van der Waals surface area contributed by atoms with Gasteiger partial charge in [-0.15, -0.1) is 0 Å². The van der Waals surface area contributed by atoms with Crippen molar-refractivity contribution >= 4 is 11.7 Å². The van der Waals surface area contributed by atoms with E-state index in [1.807, 2.05) is 37.3 Å². The second-order valence-corrected chi connectivity index (χ2v) is 5.11. The van der Waals surface area contributed by atoms with Crippen molar-refractivity contribution in [2.75, 3.05) is 12.4 Å². The number of hydrogen-bond acceptors (Lipinski definition) is 6. The summed E-state index contributed by atoms with van der Waals surface area (Å²) in [5.41, 5.74) is 0.845. The first kappa shape index (κ1) is 17.1. The van der Waals surface area contributed by atoms with Gasteiger partial charge < -0.3 is 19.9 Å². The Morgan fingerprint density at radius 2 is 2.12 bits per heavy atom. The Bertz CT molecular complexity index is 772. The molecule has 1 unspecified atom stereocenters. The van der Waals surface area contributed by atoms with Crippen LogP contribution in [0.1, 0.15) is 24.3 Å². The van der Waals surface area contributed by atoms with Gasteiger partial charge in [0.25, 0.3) is 5.91 Å². The fourth-order valence-electron chi connectivity index (χ4n) is 1.98. The van der Waals surface area contributed by atoms with Gasteiger partial charge in [-0.1, -0.05) is 17.3 Å². The maximum Gasteiger partial charge on any atom is 0.263 e. The summed E-state index contributed by atoms with van der Waals surface area (Å²) in [4.78, 5) is 12.2. The predicted octanol–water partition coefficient (Wildman–Crippen LogP) is 2.69. The van der Waals surface area contributed by atoms with Crippen molar-refractivity contribution in [3.8, 4) is 11.8 Å². The van der Waals surface area contributed by atoms with Crippen molar-refractivity contribution in [3.63, 3.8) is 0 Å². The first-order chi connectivity index (χ1) is 11.5. The summed E-state index contributed by atoms with van der Waals surface area (Å²) in [6.07, 6.45) is 1.30. The molecule has 0 bridgehead atoms. The van der Waals surface area contributed by atoms with E-state index in [1.165, 1.54) is 6.20 Å². The molecule has 2 aromatic rings. The van der Waals surface area contributed by atoms with Gasteiger partial charge in [-0.3, -0.25) is 4.79 Å². The molecule has 1 heterocycles. The zero-order chi connectivity index (χ0) is 17.5. The Morgan fingerprint density at radius 3 is 2.67 bits per heavy atom. The van der Waals surface area contributed by atoms with Crippen LogP contribution in [-0.4, -0.2) is 18.2 Å².